The van der Waals surface area contributed by atoms with Gasteiger partial charge >= 0.3 is 0 Å². The fourth-order valence-electron chi connectivity index (χ4n) is 3.47. The molecule has 0 unspecified atom stereocenters. The molecule has 0 saturated heterocycles. The molecule has 146 valence electrons. The molecular formula is C23H34N3S+. The third-order valence-electron chi connectivity index (χ3n) is 4.91. The maximum Gasteiger partial charge on any atom is 0.192 e. The molecule has 3 N–H and O–H groups in total. The maximum atomic E-state index is 5.45. The van der Waals surface area contributed by atoms with Gasteiger partial charge in [-0.25, -0.2) is 4.57 Å². The molecule has 0 atom stereocenters. The first-order chi connectivity index (χ1) is 13.2. The monoisotopic (exact) mass is 384 g/mol. The fourth-order valence-corrected chi connectivity index (χ4v) is 3.58. The maximum absolute atomic E-state index is 5.45. The topological polar surface area (TPSA) is 41.9 Å². The molecule has 1 aliphatic carbocycles. The summed E-state index contributed by atoms with van der Waals surface area (Å²) in [6.45, 7) is 3.30. The molecule has 4 heteroatoms. The van der Waals surface area contributed by atoms with Gasteiger partial charge in [-0.1, -0.05) is 56.9 Å². The minimum absolute atomic E-state index is 0.312. The molecule has 3 rings (SSSR count). The van der Waals surface area contributed by atoms with Crippen LogP contribution in [0, 0.1) is 0 Å². The molecule has 0 saturated carbocycles. The Morgan fingerprint density at radius 1 is 1.00 bits per heavy atom. The first kappa shape index (κ1) is 21.4. The summed E-state index contributed by atoms with van der Waals surface area (Å²) in [6, 6.07) is 12.7. The lowest BCUT2D eigenvalue weighted by atomic mass is 10.1. The number of anilines is 1. The second kappa shape index (κ2) is 12.4. The Kier molecular flexibility index (Phi) is 9.85. The Balaban J connectivity index is 0.000000239. The van der Waals surface area contributed by atoms with Crippen molar-refractivity contribution in [3.63, 3.8) is 0 Å². The van der Waals surface area contributed by atoms with Crippen molar-refractivity contribution in [3.05, 3.63) is 59.9 Å². The van der Waals surface area contributed by atoms with Gasteiger partial charge < -0.3 is 11.1 Å². The molecule has 1 aromatic heterocycles. The third kappa shape index (κ3) is 8.53. The van der Waals surface area contributed by atoms with Gasteiger partial charge in [0.15, 0.2) is 17.5 Å². The number of nitrogens with two attached hydrogens (primary N) is 1. The molecule has 3 nitrogen and oxygen atoms in total. The number of benzene rings is 1. The van der Waals surface area contributed by atoms with E-state index in [1.165, 1.54) is 57.8 Å². The number of aryl methyl sites for hydroxylation is 3. The van der Waals surface area contributed by atoms with E-state index in [1.54, 1.807) is 11.1 Å². The highest BCUT2D eigenvalue weighted by Crippen LogP contribution is 2.20. The van der Waals surface area contributed by atoms with Crippen molar-refractivity contribution in [3.8, 4) is 0 Å². The highest BCUT2D eigenvalue weighted by Gasteiger charge is 2.07. The second-order valence-corrected chi connectivity index (χ2v) is 7.65. The van der Waals surface area contributed by atoms with Crippen molar-refractivity contribution in [2.24, 2.45) is 5.73 Å². The van der Waals surface area contributed by atoms with Gasteiger partial charge in [0.25, 0.3) is 0 Å². The Bertz CT molecular complexity index is 677. The molecule has 1 aromatic carbocycles. The summed E-state index contributed by atoms with van der Waals surface area (Å²) >= 11 is 4.82. The minimum Gasteiger partial charge on any atom is -0.376 e. The summed E-state index contributed by atoms with van der Waals surface area (Å²) < 4.78 is 2.18. The highest BCUT2D eigenvalue weighted by molar-refractivity contribution is 7.80. The Hall–Kier alpha value is -1.94. The van der Waals surface area contributed by atoms with Crippen LogP contribution in [0.1, 0.15) is 63.0 Å². The van der Waals surface area contributed by atoms with Crippen LogP contribution in [-0.4, -0.2) is 5.11 Å². The quantitative estimate of drug-likeness (QED) is 0.375. The van der Waals surface area contributed by atoms with Crippen molar-refractivity contribution in [1.82, 2.24) is 0 Å². The first-order valence-electron chi connectivity index (χ1n) is 10.3. The molecule has 0 radical (unpaired) electrons. The molecular weight excluding hydrogens is 350 g/mol. The standard InChI is InChI=1S/C14H23N3S.C9H10/c1-2-3-4-5-6-7-10-17-11-8-9-13(12-17)16-14(15)18;1-2-5-9-7-3-6-8(9)4-1/h8-9,11-12H,2-7,10H2,1H3,(H2-,15,16,18);1-2,4-5H,3,6-7H2/p+1. The number of aromatic nitrogens is 1. The Morgan fingerprint density at radius 3 is 2.33 bits per heavy atom. The highest BCUT2D eigenvalue weighted by atomic mass is 32.1. The summed E-state index contributed by atoms with van der Waals surface area (Å²) in [6.07, 6.45) is 16.0. The van der Waals surface area contributed by atoms with Crippen LogP contribution in [0.5, 0.6) is 0 Å². The number of fused-ring (bicyclic) bond motifs is 1. The SMILES string of the molecule is CCCCCCCC[n+]1cccc(NC(N)=S)c1.c1ccc2c(c1)CCC2. The van der Waals surface area contributed by atoms with Crippen molar-refractivity contribution in [2.75, 3.05) is 5.32 Å². The normalized spacial score (nSPS) is 12.0. The molecule has 2 aromatic rings. The smallest absolute Gasteiger partial charge is 0.192 e. The average Bonchev–Trinajstić information content (AvgIpc) is 3.14. The van der Waals surface area contributed by atoms with Crippen molar-refractivity contribution < 1.29 is 4.57 Å². The Labute approximate surface area is 170 Å². The van der Waals surface area contributed by atoms with E-state index in [9.17, 15) is 0 Å². The lowest BCUT2D eigenvalue weighted by Crippen LogP contribution is -2.33. The number of nitrogens with one attached hydrogen (secondary N) is 1. The molecule has 1 heterocycles. The fraction of sp³-hybridized carbons (Fsp3) is 0.478. The van der Waals surface area contributed by atoms with Crippen LogP contribution in [0.2, 0.25) is 0 Å². The van der Waals surface area contributed by atoms with E-state index in [-0.39, 0.29) is 0 Å². The predicted molar refractivity (Wildman–Crippen MR) is 119 cm³/mol. The molecule has 27 heavy (non-hydrogen) atoms. The van der Waals surface area contributed by atoms with Gasteiger partial charge in [-0.15, -0.1) is 0 Å². The summed E-state index contributed by atoms with van der Waals surface area (Å²) in [7, 11) is 0. The number of rotatable bonds is 8. The number of thiocarbonyl (C=S) groups is 1. The van der Waals surface area contributed by atoms with Gasteiger partial charge in [0.05, 0.1) is 0 Å². The molecule has 0 spiro atoms. The zero-order valence-corrected chi connectivity index (χ0v) is 17.4. The lowest BCUT2D eigenvalue weighted by molar-refractivity contribution is -0.696. The van der Waals surface area contributed by atoms with E-state index in [0.717, 1.165) is 12.2 Å². The Morgan fingerprint density at radius 2 is 1.67 bits per heavy atom. The second-order valence-electron chi connectivity index (χ2n) is 7.21. The van der Waals surface area contributed by atoms with Gasteiger partial charge in [0, 0.05) is 12.5 Å². The largest absolute Gasteiger partial charge is 0.376 e. The zero-order valence-electron chi connectivity index (χ0n) is 16.6. The van der Waals surface area contributed by atoms with Crippen LogP contribution in [-0.2, 0) is 19.4 Å². The van der Waals surface area contributed by atoms with Crippen LogP contribution in [0.3, 0.4) is 0 Å². The third-order valence-corrected chi connectivity index (χ3v) is 5.01. The van der Waals surface area contributed by atoms with Crippen LogP contribution in [0.15, 0.2) is 48.8 Å². The molecule has 1 aliphatic rings. The zero-order chi connectivity index (χ0) is 19.3. The first-order valence-corrected chi connectivity index (χ1v) is 10.7. The summed E-state index contributed by atoms with van der Waals surface area (Å²) in [5.74, 6) is 0. The number of hydrogen-bond acceptors (Lipinski definition) is 1. The van der Waals surface area contributed by atoms with E-state index in [2.05, 4.69) is 47.3 Å². The van der Waals surface area contributed by atoms with Gasteiger partial charge in [-0.2, -0.15) is 0 Å². The van der Waals surface area contributed by atoms with Crippen molar-refractivity contribution in [2.45, 2.75) is 71.3 Å². The number of nitrogens with zero attached hydrogens (tertiary/aromatic N) is 1. The van der Waals surface area contributed by atoms with Crippen LogP contribution >= 0.6 is 12.2 Å². The van der Waals surface area contributed by atoms with Gasteiger partial charge in [-0.3, -0.25) is 0 Å². The summed E-state index contributed by atoms with van der Waals surface area (Å²) in [5.41, 5.74) is 9.54. The summed E-state index contributed by atoms with van der Waals surface area (Å²) in [5, 5.41) is 3.26. The van der Waals surface area contributed by atoms with Crippen molar-refractivity contribution in [1.29, 1.82) is 0 Å². The summed E-state index contributed by atoms with van der Waals surface area (Å²) in [4.78, 5) is 0. The van der Waals surface area contributed by atoms with Gasteiger partial charge in [0.2, 0.25) is 0 Å². The lowest BCUT2D eigenvalue weighted by Gasteiger charge is -2.03. The van der Waals surface area contributed by atoms with E-state index >= 15 is 0 Å². The molecule has 0 fully saturated rings. The van der Waals surface area contributed by atoms with E-state index in [4.69, 9.17) is 18.0 Å². The van der Waals surface area contributed by atoms with Gasteiger partial charge in [-0.05, 0) is 55.1 Å². The number of hydrogen-bond donors (Lipinski definition) is 2. The van der Waals surface area contributed by atoms with Crippen LogP contribution in [0.25, 0.3) is 0 Å². The number of unbranched alkanes of at least 4 members (excludes halogenated alkanes) is 5. The molecule has 0 aliphatic heterocycles. The van der Waals surface area contributed by atoms with Crippen LogP contribution < -0.4 is 15.6 Å². The molecule has 0 amide bonds. The molecule has 0 bridgehead atoms. The van der Waals surface area contributed by atoms with Crippen molar-refractivity contribution >= 4 is 23.0 Å². The van der Waals surface area contributed by atoms with E-state index in [1.807, 2.05) is 18.3 Å². The minimum atomic E-state index is 0.312. The van der Waals surface area contributed by atoms with E-state index in [0.29, 0.717) is 5.11 Å². The number of pyridine rings is 1. The average molecular weight is 385 g/mol. The van der Waals surface area contributed by atoms with E-state index < -0.39 is 0 Å². The van der Waals surface area contributed by atoms with Gasteiger partial charge in [0.1, 0.15) is 12.2 Å². The van der Waals surface area contributed by atoms with Crippen LogP contribution in [0.4, 0.5) is 5.69 Å². The predicted octanol–water partition coefficient (Wildman–Crippen LogP) is 5.17.